The summed E-state index contributed by atoms with van der Waals surface area (Å²) in [7, 11) is 0. The van der Waals surface area contributed by atoms with Gasteiger partial charge < -0.3 is 4.74 Å². The summed E-state index contributed by atoms with van der Waals surface area (Å²) < 4.78 is 5.52. The third-order valence-corrected chi connectivity index (χ3v) is 3.79. The van der Waals surface area contributed by atoms with Gasteiger partial charge in [-0.25, -0.2) is 0 Å². The van der Waals surface area contributed by atoms with Crippen molar-refractivity contribution in [3.8, 4) is 0 Å². The summed E-state index contributed by atoms with van der Waals surface area (Å²) in [5.41, 5.74) is 0.634. The molecular weight excluding hydrogens is 236 g/mol. The van der Waals surface area contributed by atoms with Crippen molar-refractivity contribution in [1.29, 1.82) is 0 Å². The normalized spacial score (nSPS) is 14.5. The minimum absolute atomic E-state index is 0.0833. The second-order valence-electron chi connectivity index (χ2n) is 6.23. The standard InChI is InChI=1S/C17H26O2/c1-13(2)11-17(5,14(3)4)16(18)19-12-15-9-7-6-8-10-15/h6-10,13-14H,11-12H2,1-5H3. The fraction of sp³-hybridized carbons (Fsp3) is 0.588. The number of hydrogen-bond acceptors (Lipinski definition) is 2. The van der Waals surface area contributed by atoms with Gasteiger partial charge in [0, 0.05) is 0 Å². The van der Waals surface area contributed by atoms with Crippen LogP contribution in [0.4, 0.5) is 0 Å². The lowest BCUT2D eigenvalue weighted by Gasteiger charge is -2.32. The Hall–Kier alpha value is -1.31. The van der Waals surface area contributed by atoms with Gasteiger partial charge in [0.15, 0.2) is 0 Å². The maximum Gasteiger partial charge on any atom is 0.312 e. The first-order valence-corrected chi connectivity index (χ1v) is 7.07. The number of esters is 1. The molecule has 1 rings (SSSR count). The van der Waals surface area contributed by atoms with Crippen molar-refractivity contribution in [3.05, 3.63) is 35.9 Å². The zero-order valence-corrected chi connectivity index (χ0v) is 12.8. The highest BCUT2D eigenvalue weighted by Crippen LogP contribution is 2.35. The SMILES string of the molecule is CC(C)CC(C)(C(=O)OCc1ccccc1)C(C)C. The van der Waals surface area contributed by atoms with Crippen LogP contribution in [0.5, 0.6) is 0 Å². The molecule has 0 aliphatic heterocycles. The van der Waals surface area contributed by atoms with Crippen LogP contribution in [0, 0.1) is 17.3 Å². The predicted molar refractivity (Wildman–Crippen MR) is 78.6 cm³/mol. The molecule has 0 saturated heterocycles. The van der Waals surface area contributed by atoms with Crippen LogP contribution in [-0.4, -0.2) is 5.97 Å². The van der Waals surface area contributed by atoms with E-state index in [2.05, 4.69) is 27.7 Å². The maximum atomic E-state index is 12.4. The molecule has 0 fully saturated rings. The van der Waals surface area contributed by atoms with Crippen LogP contribution >= 0.6 is 0 Å². The Morgan fingerprint density at radius 1 is 1.16 bits per heavy atom. The molecule has 0 spiro atoms. The summed E-state index contributed by atoms with van der Waals surface area (Å²) in [6.07, 6.45) is 0.859. The maximum absolute atomic E-state index is 12.4. The second-order valence-corrected chi connectivity index (χ2v) is 6.23. The van der Waals surface area contributed by atoms with Crippen LogP contribution in [-0.2, 0) is 16.1 Å². The smallest absolute Gasteiger partial charge is 0.312 e. The van der Waals surface area contributed by atoms with Gasteiger partial charge in [-0.3, -0.25) is 4.79 Å². The highest BCUT2D eigenvalue weighted by molar-refractivity contribution is 5.76. The van der Waals surface area contributed by atoms with E-state index in [1.807, 2.05) is 37.3 Å². The Morgan fingerprint density at radius 3 is 2.21 bits per heavy atom. The number of carbonyl (C=O) groups excluding carboxylic acids is 1. The molecular formula is C17H26O2. The van der Waals surface area contributed by atoms with Crippen LogP contribution in [0.3, 0.4) is 0 Å². The molecule has 0 aromatic heterocycles. The molecule has 19 heavy (non-hydrogen) atoms. The fourth-order valence-corrected chi connectivity index (χ4v) is 2.29. The molecule has 0 N–H and O–H groups in total. The van der Waals surface area contributed by atoms with Gasteiger partial charge in [0.1, 0.15) is 6.61 Å². The van der Waals surface area contributed by atoms with Crippen molar-refractivity contribution >= 4 is 5.97 Å². The molecule has 0 saturated carbocycles. The number of carbonyl (C=O) groups is 1. The van der Waals surface area contributed by atoms with E-state index >= 15 is 0 Å². The molecule has 2 heteroatoms. The summed E-state index contributed by atoms with van der Waals surface area (Å²) in [4.78, 5) is 12.4. The first-order chi connectivity index (χ1) is 8.86. The lowest BCUT2D eigenvalue weighted by atomic mass is 9.73. The van der Waals surface area contributed by atoms with E-state index in [9.17, 15) is 4.79 Å². The van der Waals surface area contributed by atoms with Crippen molar-refractivity contribution in [2.45, 2.75) is 47.6 Å². The highest BCUT2D eigenvalue weighted by atomic mass is 16.5. The molecule has 1 aromatic carbocycles. The zero-order valence-electron chi connectivity index (χ0n) is 12.8. The minimum atomic E-state index is -0.400. The quantitative estimate of drug-likeness (QED) is 0.708. The molecule has 106 valence electrons. The summed E-state index contributed by atoms with van der Waals surface area (Å²) in [5, 5.41) is 0. The molecule has 0 radical (unpaired) electrons. The van der Waals surface area contributed by atoms with E-state index in [1.165, 1.54) is 0 Å². The number of hydrogen-bond donors (Lipinski definition) is 0. The first kappa shape index (κ1) is 15.7. The summed E-state index contributed by atoms with van der Waals surface area (Å²) >= 11 is 0. The van der Waals surface area contributed by atoms with Gasteiger partial charge in [0.05, 0.1) is 5.41 Å². The van der Waals surface area contributed by atoms with E-state index in [0.717, 1.165) is 12.0 Å². The van der Waals surface area contributed by atoms with Gasteiger partial charge in [-0.15, -0.1) is 0 Å². The molecule has 1 unspecified atom stereocenters. The van der Waals surface area contributed by atoms with E-state index in [4.69, 9.17) is 4.74 Å². The van der Waals surface area contributed by atoms with Gasteiger partial charge in [-0.1, -0.05) is 58.0 Å². The molecule has 0 heterocycles. The molecule has 1 aromatic rings. The number of rotatable bonds is 6. The third-order valence-electron chi connectivity index (χ3n) is 3.79. The lowest BCUT2D eigenvalue weighted by Crippen LogP contribution is -2.36. The Balaban J connectivity index is 2.68. The van der Waals surface area contributed by atoms with Crippen molar-refractivity contribution in [2.75, 3.05) is 0 Å². The monoisotopic (exact) mass is 262 g/mol. The second kappa shape index (κ2) is 6.74. The Bertz CT molecular complexity index is 395. The summed E-state index contributed by atoms with van der Waals surface area (Å²) in [6, 6.07) is 9.82. The van der Waals surface area contributed by atoms with Crippen LogP contribution in [0.2, 0.25) is 0 Å². The van der Waals surface area contributed by atoms with Gasteiger partial charge in [-0.05, 0) is 30.7 Å². The van der Waals surface area contributed by atoms with E-state index in [1.54, 1.807) is 0 Å². The van der Waals surface area contributed by atoms with Crippen LogP contribution in [0.25, 0.3) is 0 Å². The Morgan fingerprint density at radius 2 is 1.74 bits per heavy atom. The van der Waals surface area contributed by atoms with Gasteiger partial charge in [0.25, 0.3) is 0 Å². The van der Waals surface area contributed by atoms with Crippen molar-refractivity contribution in [1.82, 2.24) is 0 Å². The minimum Gasteiger partial charge on any atom is -0.460 e. The third kappa shape index (κ3) is 4.38. The molecule has 1 atom stereocenters. The van der Waals surface area contributed by atoms with Gasteiger partial charge >= 0.3 is 5.97 Å². The lowest BCUT2D eigenvalue weighted by molar-refractivity contribution is -0.160. The fourth-order valence-electron chi connectivity index (χ4n) is 2.29. The molecule has 0 amide bonds. The predicted octanol–water partition coefficient (Wildman–Crippen LogP) is 4.44. The van der Waals surface area contributed by atoms with Crippen LogP contribution in [0.1, 0.15) is 46.6 Å². The van der Waals surface area contributed by atoms with Crippen molar-refractivity contribution < 1.29 is 9.53 Å². The zero-order chi connectivity index (χ0) is 14.5. The number of ether oxygens (including phenoxy) is 1. The molecule has 0 bridgehead atoms. The summed E-state index contributed by atoms with van der Waals surface area (Å²) in [6.45, 7) is 10.8. The van der Waals surface area contributed by atoms with Gasteiger partial charge in [0.2, 0.25) is 0 Å². The molecule has 0 aliphatic carbocycles. The van der Waals surface area contributed by atoms with Crippen LogP contribution < -0.4 is 0 Å². The van der Waals surface area contributed by atoms with E-state index in [0.29, 0.717) is 12.5 Å². The van der Waals surface area contributed by atoms with Gasteiger partial charge in [-0.2, -0.15) is 0 Å². The Labute approximate surface area is 117 Å². The summed E-state index contributed by atoms with van der Waals surface area (Å²) in [5.74, 6) is 0.676. The Kier molecular flexibility index (Phi) is 5.59. The van der Waals surface area contributed by atoms with Crippen molar-refractivity contribution in [2.24, 2.45) is 17.3 Å². The van der Waals surface area contributed by atoms with Crippen LogP contribution in [0.15, 0.2) is 30.3 Å². The number of benzene rings is 1. The van der Waals surface area contributed by atoms with Crippen molar-refractivity contribution in [3.63, 3.8) is 0 Å². The average Bonchev–Trinajstić information content (AvgIpc) is 2.36. The topological polar surface area (TPSA) is 26.3 Å². The largest absolute Gasteiger partial charge is 0.460 e. The molecule has 2 nitrogen and oxygen atoms in total. The first-order valence-electron chi connectivity index (χ1n) is 7.07. The molecule has 0 aliphatic rings. The van der Waals surface area contributed by atoms with E-state index in [-0.39, 0.29) is 11.9 Å². The van der Waals surface area contributed by atoms with E-state index < -0.39 is 5.41 Å². The highest BCUT2D eigenvalue weighted by Gasteiger charge is 2.38. The average molecular weight is 262 g/mol.